The molecule has 0 atom stereocenters. The van der Waals surface area contributed by atoms with Crippen molar-refractivity contribution in [1.29, 1.82) is 0 Å². The van der Waals surface area contributed by atoms with Gasteiger partial charge in [-0.1, -0.05) is 24.3 Å². The number of aryl methyl sites for hydroxylation is 1. The number of fused-ring (bicyclic) bond motifs is 1. The molecule has 0 aliphatic rings. The van der Waals surface area contributed by atoms with E-state index in [4.69, 9.17) is 5.84 Å². The van der Waals surface area contributed by atoms with Crippen molar-refractivity contribution in [1.82, 2.24) is 20.2 Å². The molecule has 0 aliphatic heterocycles. The Labute approximate surface area is 122 Å². The second kappa shape index (κ2) is 5.76. The van der Waals surface area contributed by atoms with Crippen LogP contribution in [0.15, 0.2) is 30.5 Å². The van der Waals surface area contributed by atoms with Crippen molar-refractivity contribution in [3.63, 3.8) is 0 Å². The van der Waals surface area contributed by atoms with Crippen molar-refractivity contribution >= 4 is 22.8 Å². The van der Waals surface area contributed by atoms with Crippen molar-refractivity contribution in [2.24, 2.45) is 5.84 Å². The molecule has 5 N–H and O–H groups in total. The zero-order valence-corrected chi connectivity index (χ0v) is 11.7. The van der Waals surface area contributed by atoms with Gasteiger partial charge in [-0.3, -0.25) is 10.5 Å². The predicted octanol–water partition coefficient (Wildman–Crippen LogP) is 1.60. The number of benzene rings is 1. The second-order valence-electron chi connectivity index (χ2n) is 4.78. The molecule has 21 heavy (non-hydrogen) atoms. The van der Waals surface area contributed by atoms with Crippen LogP contribution < -0.4 is 16.6 Å². The summed E-state index contributed by atoms with van der Waals surface area (Å²) in [5.74, 6) is 6.45. The van der Waals surface area contributed by atoms with Crippen LogP contribution >= 0.6 is 0 Å². The number of aromatic nitrogens is 4. The van der Waals surface area contributed by atoms with E-state index in [0.717, 1.165) is 24.2 Å². The molecule has 0 spiro atoms. The number of nitrogen functional groups attached to an aromatic ring is 1. The monoisotopic (exact) mass is 283 g/mol. The highest BCUT2D eigenvalue weighted by Crippen LogP contribution is 2.19. The molecule has 0 bridgehead atoms. The highest BCUT2D eigenvalue weighted by atomic mass is 15.3. The first-order chi connectivity index (χ1) is 10.3. The minimum absolute atomic E-state index is 0.352. The van der Waals surface area contributed by atoms with Crippen LogP contribution in [0.1, 0.15) is 11.1 Å². The van der Waals surface area contributed by atoms with E-state index < -0.39 is 0 Å². The number of H-pyrrole nitrogens is 1. The summed E-state index contributed by atoms with van der Waals surface area (Å²) in [4.78, 5) is 8.52. The van der Waals surface area contributed by atoms with Gasteiger partial charge in [0.15, 0.2) is 5.65 Å². The molecule has 0 unspecified atom stereocenters. The largest absolute Gasteiger partial charge is 0.369 e. The van der Waals surface area contributed by atoms with Crippen molar-refractivity contribution in [3.05, 3.63) is 41.6 Å². The summed E-state index contributed by atoms with van der Waals surface area (Å²) in [6.45, 7) is 2.89. The molecule has 2 aromatic heterocycles. The molecule has 7 heteroatoms. The normalized spacial score (nSPS) is 10.8. The standard InChI is InChI=1S/C14H17N7/c1-9-4-2-3-5-10(9)6-7-16-12-11-8-17-21-13(11)19-14(18-12)20-15/h2-5,8H,6-7,15H2,1H3,(H3,16,17,18,19,20,21). The van der Waals surface area contributed by atoms with Gasteiger partial charge in [0.1, 0.15) is 5.82 Å². The zero-order valence-electron chi connectivity index (χ0n) is 11.7. The minimum atomic E-state index is 0.352. The lowest BCUT2D eigenvalue weighted by molar-refractivity contribution is 0.992. The Balaban J connectivity index is 1.76. The number of rotatable bonds is 5. The maximum absolute atomic E-state index is 5.38. The molecule has 0 radical (unpaired) electrons. The van der Waals surface area contributed by atoms with Crippen LogP contribution in [0, 0.1) is 6.92 Å². The van der Waals surface area contributed by atoms with Gasteiger partial charge in [0.2, 0.25) is 5.95 Å². The SMILES string of the molecule is Cc1ccccc1CCNc1nc(NN)nc2[nH]ncc12. The maximum Gasteiger partial charge on any atom is 0.241 e. The fraction of sp³-hybridized carbons (Fsp3) is 0.214. The Bertz CT molecular complexity index is 750. The number of anilines is 2. The molecule has 0 aliphatic carbocycles. The molecule has 0 saturated carbocycles. The third kappa shape index (κ3) is 2.77. The van der Waals surface area contributed by atoms with Gasteiger partial charge in [-0.25, -0.2) is 5.84 Å². The Hall–Kier alpha value is -2.67. The minimum Gasteiger partial charge on any atom is -0.369 e. The van der Waals surface area contributed by atoms with Gasteiger partial charge in [0.05, 0.1) is 11.6 Å². The van der Waals surface area contributed by atoms with Gasteiger partial charge in [-0.15, -0.1) is 0 Å². The van der Waals surface area contributed by atoms with Gasteiger partial charge < -0.3 is 5.32 Å². The first-order valence-corrected chi connectivity index (χ1v) is 6.74. The summed E-state index contributed by atoms with van der Waals surface area (Å²) in [6, 6.07) is 8.35. The van der Waals surface area contributed by atoms with Gasteiger partial charge >= 0.3 is 0 Å². The van der Waals surface area contributed by atoms with Crippen molar-refractivity contribution in [3.8, 4) is 0 Å². The molecule has 3 rings (SSSR count). The molecule has 108 valence electrons. The van der Waals surface area contributed by atoms with Crippen LogP contribution in [0.5, 0.6) is 0 Å². The topological polar surface area (TPSA) is 105 Å². The number of nitrogens with one attached hydrogen (secondary N) is 3. The zero-order chi connectivity index (χ0) is 14.7. The van der Waals surface area contributed by atoms with Crippen LogP contribution in [0.4, 0.5) is 11.8 Å². The van der Waals surface area contributed by atoms with E-state index in [1.165, 1.54) is 11.1 Å². The van der Waals surface area contributed by atoms with Crippen LogP contribution in [-0.2, 0) is 6.42 Å². The molecule has 7 nitrogen and oxygen atoms in total. The molecule has 0 saturated heterocycles. The Morgan fingerprint density at radius 2 is 2.10 bits per heavy atom. The highest BCUT2D eigenvalue weighted by Gasteiger charge is 2.08. The second-order valence-corrected chi connectivity index (χ2v) is 4.78. The molecule has 0 fully saturated rings. The third-order valence-electron chi connectivity index (χ3n) is 3.39. The Morgan fingerprint density at radius 1 is 1.24 bits per heavy atom. The van der Waals surface area contributed by atoms with Crippen molar-refractivity contribution in [2.75, 3.05) is 17.3 Å². The Kier molecular flexibility index (Phi) is 3.65. The predicted molar refractivity (Wildman–Crippen MR) is 82.9 cm³/mol. The van der Waals surface area contributed by atoms with Crippen molar-refractivity contribution in [2.45, 2.75) is 13.3 Å². The quantitative estimate of drug-likeness (QED) is 0.419. The Morgan fingerprint density at radius 3 is 2.90 bits per heavy atom. The van der Waals surface area contributed by atoms with E-state index in [-0.39, 0.29) is 0 Å². The smallest absolute Gasteiger partial charge is 0.241 e. The third-order valence-corrected chi connectivity index (χ3v) is 3.39. The summed E-state index contributed by atoms with van der Waals surface area (Å²) in [5, 5.41) is 11.0. The average Bonchev–Trinajstić information content (AvgIpc) is 2.97. The number of hydrogen-bond acceptors (Lipinski definition) is 6. The molecule has 1 aromatic carbocycles. The van der Waals surface area contributed by atoms with Crippen LogP contribution in [-0.4, -0.2) is 26.7 Å². The van der Waals surface area contributed by atoms with Crippen LogP contribution in [0.2, 0.25) is 0 Å². The summed E-state index contributed by atoms with van der Waals surface area (Å²) in [5.41, 5.74) is 5.72. The van der Waals surface area contributed by atoms with E-state index in [1.54, 1.807) is 6.20 Å². The lowest BCUT2D eigenvalue weighted by atomic mass is 10.1. The fourth-order valence-corrected chi connectivity index (χ4v) is 2.24. The summed E-state index contributed by atoms with van der Waals surface area (Å²) in [7, 11) is 0. The number of hydrazine groups is 1. The summed E-state index contributed by atoms with van der Waals surface area (Å²) in [6.07, 6.45) is 2.62. The van der Waals surface area contributed by atoms with E-state index >= 15 is 0 Å². The first-order valence-electron chi connectivity index (χ1n) is 6.74. The van der Waals surface area contributed by atoms with E-state index in [0.29, 0.717) is 11.6 Å². The number of hydrogen-bond donors (Lipinski definition) is 4. The van der Waals surface area contributed by atoms with Gasteiger partial charge in [0, 0.05) is 6.54 Å². The molecule has 2 heterocycles. The van der Waals surface area contributed by atoms with Crippen molar-refractivity contribution < 1.29 is 0 Å². The maximum atomic E-state index is 5.38. The lowest BCUT2D eigenvalue weighted by Crippen LogP contribution is -2.13. The van der Waals surface area contributed by atoms with E-state index in [9.17, 15) is 0 Å². The van der Waals surface area contributed by atoms with E-state index in [1.807, 2.05) is 6.07 Å². The highest BCUT2D eigenvalue weighted by molar-refractivity contribution is 5.86. The van der Waals surface area contributed by atoms with Crippen LogP contribution in [0.3, 0.4) is 0 Å². The van der Waals surface area contributed by atoms with Gasteiger partial charge in [-0.05, 0) is 24.5 Å². The molecule has 3 aromatic rings. The summed E-state index contributed by atoms with van der Waals surface area (Å²) >= 11 is 0. The molecular formula is C14H17N7. The van der Waals surface area contributed by atoms with Crippen LogP contribution in [0.25, 0.3) is 11.0 Å². The van der Waals surface area contributed by atoms with E-state index in [2.05, 4.69) is 56.0 Å². The first kappa shape index (κ1) is 13.3. The lowest BCUT2D eigenvalue weighted by Gasteiger charge is -2.09. The number of nitrogens with two attached hydrogens (primary N) is 1. The molecular weight excluding hydrogens is 266 g/mol. The fourth-order valence-electron chi connectivity index (χ4n) is 2.24. The number of aromatic amines is 1. The molecule has 0 amide bonds. The summed E-state index contributed by atoms with van der Waals surface area (Å²) < 4.78 is 0. The average molecular weight is 283 g/mol. The van der Waals surface area contributed by atoms with Gasteiger partial charge in [0.25, 0.3) is 0 Å². The van der Waals surface area contributed by atoms with Gasteiger partial charge in [-0.2, -0.15) is 15.1 Å². The number of nitrogens with zero attached hydrogens (tertiary/aromatic N) is 3.